The summed E-state index contributed by atoms with van der Waals surface area (Å²) in [5, 5.41) is 10.0. The average molecular weight is 295 g/mol. The maximum atomic E-state index is 12.6. The van der Waals surface area contributed by atoms with Gasteiger partial charge < -0.3 is 14.8 Å². The molecule has 22 heavy (non-hydrogen) atoms. The average Bonchev–Trinajstić information content (AvgIpc) is 2.96. The van der Waals surface area contributed by atoms with Crippen LogP contribution in [0.4, 0.5) is 0 Å². The van der Waals surface area contributed by atoms with E-state index in [-0.39, 0.29) is 16.9 Å². The number of ether oxygens (including phenoxy) is 1. The Bertz CT molecular complexity index is 879. The topological polar surface area (TPSA) is 79.4 Å². The number of rotatable bonds is 4. The Morgan fingerprint density at radius 1 is 1.05 bits per heavy atom. The number of ketones is 1. The number of aromatic carboxylic acids is 1. The number of hydrogen-bond donors (Lipinski definition) is 2. The van der Waals surface area contributed by atoms with Crippen LogP contribution in [0.1, 0.15) is 26.4 Å². The number of aromatic nitrogens is 1. The molecule has 3 rings (SSSR count). The number of carboxylic acids is 1. The second-order valence-electron chi connectivity index (χ2n) is 4.82. The molecular weight excluding hydrogens is 282 g/mol. The summed E-state index contributed by atoms with van der Waals surface area (Å²) in [7, 11) is 1.57. The highest BCUT2D eigenvalue weighted by Crippen LogP contribution is 2.23. The van der Waals surface area contributed by atoms with Gasteiger partial charge >= 0.3 is 5.97 Å². The summed E-state index contributed by atoms with van der Waals surface area (Å²) >= 11 is 0. The van der Waals surface area contributed by atoms with Gasteiger partial charge in [-0.3, -0.25) is 4.79 Å². The first-order chi connectivity index (χ1) is 10.6. The summed E-state index contributed by atoms with van der Waals surface area (Å²) in [5.74, 6) is -0.786. The summed E-state index contributed by atoms with van der Waals surface area (Å²) in [6.07, 6.45) is 0. The second kappa shape index (κ2) is 5.37. The molecule has 0 aliphatic rings. The summed E-state index contributed by atoms with van der Waals surface area (Å²) in [6.45, 7) is 0. The smallest absolute Gasteiger partial charge is 0.336 e. The van der Waals surface area contributed by atoms with Gasteiger partial charge in [0, 0.05) is 16.5 Å². The standard InChI is InChI=1S/C17H13NO4/c1-22-11-6-7-14-10(8-11)9-15(18-14)16(19)12-4-2-3-5-13(12)17(20)21/h2-9,18H,1H3,(H,20,21). The summed E-state index contributed by atoms with van der Waals surface area (Å²) in [6, 6.07) is 13.3. The van der Waals surface area contributed by atoms with Gasteiger partial charge in [0.1, 0.15) is 5.75 Å². The minimum atomic E-state index is -1.12. The molecule has 0 aliphatic carbocycles. The molecule has 0 saturated carbocycles. The van der Waals surface area contributed by atoms with Crippen LogP contribution in [-0.4, -0.2) is 29.0 Å². The van der Waals surface area contributed by atoms with Gasteiger partial charge in [-0.05, 0) is 30.3 Å². The van der Waals surface area contributed by atoms with E-state index in [1.54, 1.807) is 31.4 Å². The van der Waals surface area contributed by atoms with Crippen molar-refractivity contribution in [1.29, 1.82) is 0 Å². The lowest BCUT2D eigenvalue weighted by Gasteiger charge is -2.03. The predicted molar refractivity (Wildman–Crippen MR) is 81.7 cm³/mol. The molecule has 0 aliphatic heterocycles. The lowest BCUT2D eigenvalue weighted by atomic mass is 10.0. The monoisotopic (exact) mass is 295 g/mol. The van der Waals surface area contributed by atoms with Crippen molar-refractivity contribution in [2.75, 3.05) is 7.11 Å². The van der Waals surface area contributed by atoms with Crippen LogP contribution in [0.15, 0.2) is 48.5 Å². The van der Waals surface area contributed by atoms with Gasteiger partial charge in [0.25, 0.3) is 0 Å². The molecule has 0 saturated heterocycles. The van der Waals surface area contributed by atoms with Crippen molar-refractivity contribution in [3.8, 4) is 5.75 Å². The third kappa shape index (κ3) is 2.33. The fourth-order valence-electron chi connectivity index (χ4n) is 2.37. The first-order valence-corrected chi connectivity index (χ1v) is 6.64. The zero-order valence-corrected chi connectivity index (χ0v) is 11.8. The van der Waals surface area contributed by atoms with Gasteiger partial charge in [0.15, 0.2) is 0 Å². The molecule has 1 heterocycles. The summed E-state index contributed by atoms with van der Waals surface area (Å²) in [4.78, 5) is 26.8. The largest absolute Gasteiger partial charge is 0.497 e. The quantitative estimate of drug-likeness (QED) is 0.725. The Balaban J connectivity index is 2.08. The van der Waals surface area contributed by atoms with E-state index < -0.39 is 5.97 Å². The molecule has 0 unspecified atom stereocenters. The van der Waals surface area contributed by atoms with Crippen molar-refractivity contribution in [2.45, 2.75) is 0 Å². The Hall–Kier alpha value is -3.08. The van der Waals surface area contributed by atoms with Crippen LogP contribution in [0.25, 0.3) is 10.9 Å². The molecule has 0 bridgehead atoms. The number of nitrogens with one attached hydrogen (secondary N) is 1. The molecule has 0 atom stereocenters. The van der Waals surface area contributed by atoms with Crippen molar-refractivity contribution >= 4 is 22.7 Å². The molecule has 0 fully saturated rings. The van der Waals surface area contributed by atoms with Crippen LogP contribution in [0.5, 0.6) is 5.75 Å². The Morgan fingerprint density at radius 2 is 1.77 bits per heavy atom. The van der Waals surface area contributed by atoms with Gasteiger partial charge in [-0.1, -0.05) is 18.2 Å². The SMILES string of the molecule is COc1ccc2[nH]c(C(=O)c3ccccc3C(=O)O)cc2c1. The first-order valence-electron chi connectivity index (χ1n) is 6.64. The van der Waals surface area contributed by atoms with Crippen LogP contribution in [0.2, 0.25) is 0 Å². The molecule has 1 aromatic heterocycles. The Morgan fingerprint density at radius 3 is 2.45 bits per heavy atom. The van der Waals surface area contributed by atoms with Crippen LogP contribution >= 0.6 is 0 Å². The molecule has 2 aromatic carbocycles. The number of carbonyl (C=O) groups is 2. The van der Waals surface area contributed by atoms with Crippen molar-refractivity contribution < 1.29 is 19.4 Å². The molecular formula is C17H13NO4. The Kier molecular flexibility index (Phi) is 3.39. The molecule has 2 N–H and O–H groups in total. The molecule has 3 aromatic rings. The van der Waals surface area contributed by atoms with Gasteiger partial charge in [0.2, 0.25) is 5.78 Å². The maximum absolute atomic E-state index is 12.6. The van der Waals surface area contributed by atoms with Gasteiger partial charge in [-0.25, -0.2) is 4.79 Å². The molecule has 0 radical (unpaired) electrons. The maximum Gasteiger partial charge on any atom is 0.336 e. The van der Waals surface area contributed by atoms with E-state index in [9.17, 15) is 14.7 Å². The fourth-order valence-corrected chi connectivity index (χ4v) is 2.37. The normalized spacial score (nSPS) is 10.6. The lowest BCUT2D eigenvalue weighted by molar-refractivity contribution is 0.0692. The number of methoxy groups -OCH3 is 1. The van der Waals surface area contributed by atoms with Crippen molar-refractivity contribution in [2.24, 2.45) is 0 Å². The van der Waals surface area contributed by atoms with E-state index in [4.69, 9.17) is 4.74 Å². The predicted octanol–water partition coefficient (Wildman–Crippen LogP) is 3.11. The van der Waals surface area contributed by atoms with E-state index in [1.807, 2.05) is 12.1 Å². The zero-order chi connectivity index (χ0) is 15.7. The third-order valence-corrected chi connectivity index (χ3v) is 3.47. The third-order valence-electron chi connectivity index (χ3n) is 3.47. The van der Waals surface area contributed by atoms with E-state index in [0.29, 0.717) is 11.4 Å². The second-order valence-corrected chi connectivity index (χ2v) is 4.82. The van der Waals surface area contributed by atoms with Gasteiger partial charge in [-0.15, -0.1) is 0 Å². The number of aromatic amines is 1. The van der Waals surface area contributed by atoms with Gasteiger partial charge in [-0.2, -0.15) is 0 Å². The highest BCUT2D eigenvalue weighted by Gasteiger charge is 2.19. The number of benzene rings is 2. The highest BCUT2D eigenvalue weighted by molar-refractivity contribution is 6.14. The van der Waals surface area contributed by atoms with E-state index in [0.717, 1.165) is 10.9 Å². The fraction of sp³-hybridized carbons (Fsp3) is 0.0588. The van der Waals surface area contributed by atoms with E-state index >= 15 is 0 Å². The molecule has 5 nitrogen and oxygen atoms in total. The summed E-state index contributed by atoms with van der Waals surface area (Å²) < 4.78 is 5.15. The van der Waals surface area contributed by atoms with Crippen molar-refractivity contribution in [1.82, 2.24) is 4.98 Å². The van der Waals surface area contributed by atoms with Crippen LogP contribution in [0, 0.1) is 0 Å². The minimum Gasteiger partial charge on any atom is -0.497 e. The Labute approximate surface area is 126 Å². The molecule has 0 amide bonds. The first kappa shape index (κ1) is 13.9. The minimum absolute atomic E-state index is 0.0104. The lowest BCUT2D eigenvalue weighted by Crippen LogP contribution is -2.09. The highest BCUT2D eigenvalue weighted by atomic mass is 16.5. The summed E-state index contributed by atoms with van der Waals surface area (Å²) in [5.41, 5.74) is 1.28. The van der Waals surface area contributed by atoms with Crippen LogP contribution in [-0.2, 0) is 0 Å². The van der Waals surface area contributed by atoms with Crippen LogP contribution < -0.4 is 4.74 Å². The van der Waals surface area contributed by atoms with Gasteiger partial charge in [0.05, 0.1) is 18.4 Å². The van der Waals surface area contributed by atoms with Crippen molar-refractivity contribution in [3.63, 3.8) is 0 Å². The number of hydrogen-bond acceptors (Lipinski definition) is 3. The molecule has 0 spiro atoms. The van der Waals surface area contributed by atoms with Crippen LogP contribution in [0.3, 0.4) is 0 Å². The van der Waals surface area contributed by atoms with E-state index in [1.165, 1.54) is 12.1 Å². The number of fused-ring (bicyclic) bond motifs is 1. The molecule has 5 heteroatoms. The van der Waals surface area contributed by atoms with Crippen molar-refractivity contribution in [3.05, 3.63) is 65.4 Å². The number of H-pyrrole nitrogens is 1. The number of carboxylic acid groups (broad SMARTS) is 1. The zero-order valence-electron chi connectivity index (χ0n) is 11.8. The van der Waals surface area contributed by atoms with E-state index in [2.05, 4.69) is 4.98 Å². The molecule has 110 valence electrons. The number of carbonyl (C=O) groups excluding carboxylic acids is 1.